The third kappa shape index (κ3) is 7.07. The number of rotatable bonds is 9. The summed E-state index contributed by atoms with van der Waals surface area (Å²) in [6.45, 7) is 2.93. The van der Waals surface area contributed by atoms with Crippen molar-refractivity contribution in [3.8, 4) is 0 Å². The molecule has 0 spiro atoms. The molecule has 0 aliphatic heterocycles. The van der Waals surface area contributed by atoms with Crippen LogP contribution in [0.1, 0.15) is 44.6 Å². The summed E-state index contributed by atoms with van der Waals surface area (Å²) in [5.74, 6) is 0.0971. The molecule has 0 saturated carbocycles. The van der Waals surface area contributed by atoms with Gasteiger partial charge in [-0.2, -0.15) is 0 Å². The first kappa shape index (κ1) is 14.7. The van der Waals surface area contributed by atoms with E-state index >= 15 is 0 Å². The highest BCUT2D eigenvalue weighted by molar-refractivity contribution is 5.75. The van der Waals surface area contributed by atoms with Crippen LogP contribution in [-0.2, 0) is 11.2 Å². The van der Waals surface area contributed by atoms with Crippen LogP contribution in [0, 0.1) is 0 Å². The van der Waals surface area contributed by atoms with Gasteiger partial charge in [-0.1, -0.05) is 43.7 Å². The van der Waals surface area contributed by atoms with E-state index in [1.54, 1.807) is 0 Å². The Morgan fingerprint density at radius 1 is 1.11 bits per heavy atom. The number of aryl methyl sites for hydroxylation is 1. The molecule has 3 heteroatoms. The quantitative estimate of drug-likeness (QED) is 0.521. The van der Waals surface area contributed by atoms with Crippen molar-refractivity contribution in [2.45, 2.75) is 45.4 Å². The van der Waals surface area contributed by atoms with Crippen molar-refractivity contribution in [2.24, 2.45) is 0 Å². The van der Waals surface area contributed by atoms with Crippen molar-refractivity contribution in [1.82, 2.24) is 10.9 Å². The zero-order valence-corrected chi connectivity index (χ0v) is 11.2. The van der Waals surface area contributed by atoms with Gasteiger partial charge in [0.05, 0.1) is 0 Å². The molecule has 1 amide bonds. The van der Waals surface area contributed by atoms with Gasteiger partial charge in [-0.25, -0.2) is 5.43 Å². The molecule has 18 heavy (non-hydrogen) atoms. The standard InChI is InChI=1S/C15H24N2O/c1-2-3-12-15(18)17-16-13-8-7-11-14-9-5-4-6-10-14/h4-6,9-10,16H,2-3,7-8,11-13H2,1H3,(H,17,18). The van der Waals surface area contributed by atoms with Crippen molar-refractivity contribution in [3.05, 3.63) is 35.9 Å². The van der Waals surface area contributed by atoms with E-state index < -0.39 is 0 Å². The Labute approximate surface area is 110 Å². The lowest BCUT2D eigenvalue weighted by Gasteiger charge is -2.06. The Hall–Kier alpha value is -1.35. The summed E-state index contributed by atoms with van der Waals surface area (Å²) in [6, 6.07) is 10.5. The van der Waals surface area contributed by atoms with Crippen molar-refractivity contribution in [1.29, 1.82) is 0 Å². The molecule has 3 nitrogen and oxygen atoms in total. The molecule has 0 aromatic heterocycles. The highest BCUT2D eigenvalue weighted by atomic mass is 16.2. The van der Waals surface area contributed by atoms with Crippen LogP contribution in [0.5, 0.6) is 0 Å². The number of hydrazine groups is 1. The fraction of sp³-hybridized carbons (Fsp3) is 0.533. The summed E-state index contributed by atoms with van der Waals surface area (Å²) in [5.41, 5.74) is 7.09. The third-order valence-corrected chi connectivity index (χ3v) is 2.85. The first-order valence-corrected chi connectivity index (χ1v) is 6.88. The largest absolute Gasteiger partial charge is 0.292 e. The van der Waals surface area contributed by atoms with Crippen LogP contribution in [0.15, 0.2) is 30.3 Å². The molecular formula is C15H24N2O. The minimum Gasteiger partial charge on any atom is -0.292 e. The van der Waals surface area contributed by atoms with Crippen molar-refractivity contribution >= 4 is 5.91 Å². The van der Waals surface area contributed by atoms with Crippen LogP contribution in [0.2, 0.25) is 0 Å². The maximum atomic E-state index is 11.3. The van der Waals surface area contributed by atoms with Gasteiger partial charge in [0.15, 0.2) is 0 Å². The second-order valence-electron chi connectivity index (χ2n) is 4.52. The van der Waals surface area contributed by atoms with E-state index in [4.69, 9.17) is 0 Å². The number of benzene rings is 1. The van der Waals surface area contributed by atoms with Crippen molar-refractivity contribution in [2.75, 3.05) is 6.54 Å². The number of nitrogens with one attached hydrogen (secondary N) is 2. The van der Waals surface area contributed by atoms with Gasteiger partial charge in [0.2, 0.25) is 5.91 Å². The van der Waals surface area contributed by atoms with E-state index in [-0.39, 0.29) is 5.91 Å². The van der Waals surface area contributed by atoms with Gasteiger partial charge in [-0.3, -0.25) is 10.2 Å². The van der Waals surface area contributed by atoms with Gasteiger partial charge in [-0.15, -0.1) is 0 Å². The van der Waals surface area contributed by atoms with Gasteiger partial charge >= 0.3 is 0 Å². The average molecular weight is 248 g/mol. The molecule has 1 aromatic rings. The molecule has 1 rings (SSSR count). The Bertz CT molecular complexity index is 325. The lowest BCUT2D eigenvalue weighted by Crippen LogP contribution is -2.37. The van der Waals surface area contributed by atoms with Crippen molar-refractivity contribution in [3.63, 3.8) is 0 Å². The minimum atomic E-state index is 0.0971. The van der Waals surface area contributed by atoms with Gasteiger partial charge in [-0.05, 0) is 31.2 Å². The highest BCUT2D eigenvalue weighted by Crippen LogP contribution is 2.03. The molecule has 1 aromatic carbocycles. The van der Waals surface area contributed by atoms with Gasteiger partial charge < -0.3 is 0 Å². The van der Waals surface area contributed by atoms with Crippen LogP contribution >= 0.6 is 0 Å². The smallest absolute Gasteiger partial charge is 0.234 e. The molecule has 0 saturated heterocycles. The predicted octanol–water partition coefficient (Wildman–Crippen LogP) is 2.82. The lowest BCUT2D eigenvalue weighted by atomic mass is 10.1. The molecule has 100 valence electrons. The zero-order valence-electron chi connectivity index (χ0n) is 11.2. The van der Waals surface area contributed by atoms with Crippen LogP contribution in [0.25, 0.3) is 0 Å². The van der Waals surface area contributed by atoms with Gasteiger partial charge in [0, 0.05) is 13.0 Å². The summed E-state index contributed by atoms with van der Waals surface area (Å²) in [4.78, 5) is 11.3. The molecule has 0 bridgehead atoms. The summed E-state index contributed by atoms with van der Waals surface area (Å²) >= 11 is 0. The fourth-order valence-electron chi connectivity index (χ4n) is 1.75. The van der Waals surface area contributed by atoms with E-state index in [9.17, 15) is 4.79 Å². The number of unbranched alkanes of at least 4 members (excludes halogenated alkanes) is 2. The Morgan fingerprint density at radius 3 is 2.61 bits per heavy atom. The number of hydrogen-bond acceptors (Lipinski definition) is 2. The normalized spacial score (nSPS) is 10.3. The molecule has 0 aliphatic rings. The monoisotopic (exact) mass is 248 g/mol. The second kappa shape index (κ2) is 9.66. The molecule has 0 unspecified atom stereocenters. The fourth-order valence-corrected chi connectivity index (χ4v) is 1.75. The molecule has 0 heterocycles. The molecule has 0 aliphatic carbocycles. The van der Waals surface area contributed by atoms with E-state index in [0.29, 0.717) is 6.42 Å². The molecule has 0 atom stereocenters. The Balaban J connectivity index is 1.94. The number of amides is 1. The summed E-state index contributed by atoms with van der Waals surface area (Å²) in [6.07, 6.45) is 5.95. The third-order valence-electron chi connectivity index (χ3n) is 2.85. The zero-order chi connectivity index (χ0) is 13.1. The maximum absolute atomic E-state index is 11.3. The first-order valence-electron chi connectivity index (χ1n) is 6.88. The van der Waals surface area contributed by atoms with Crippen LogP contribution in [-0.4, -0.2) is 12.5 Å². The number of carbonyl (C=O) groups excluding carboxylic acids is 1. The second-order valence-corrected chi connectivity index (χ2v) is 4.52. The molecule has 2 N–H and O–H groups in total. The topological polar surface area (TPSA) is 41.1 Å². The van der Waals surface area contributed by atoms with E-state index in [0.717, 1.165) is 38.6 Å². The van der Waals surface area contributed by atoms with E-state index in [1.165, 1.54) is 5.56 Å². The number of carbonyl (C=O) groups is 1. The van der Waals surface area contributed by atoms with E-state index in [1.807, 2.05) is 6.07 Å². The lowest BCUT2D eigenvalue weighted by molar-refractivity contribution is -0.122. The number of hydrogen-bond donors (Lipinski definition) is 2. The average Bonchev–Trinajstić information content (AvgIpc) is 2.41. The molecule has 0 fully saturated rings. The minimum absolute atomic E-state index is 0.0971. The Kier molecular flexibility index (Phi) is 7.89. The van der Waals surface area contributed by atoms with Crippen LogP contribution in [0.3, 0.4) is 0 Å². The van der Waals surface area contributed by atoms with Gasteiger partial charge in [0.1, 0.15) is 0 Å². The highest BCUT2D eigenvalue weighted by Gasteiger charge is 1.98. The van der Waals surface area contributed by atoms with Crippen LogP contribution < -0.4 is 10.9 Å². The van der Waals surface area contributed by atoms with E-state index in [2.05, 4.69) is 42.0 Å². The summed E-state index contributed by atoms with van der Waals surface area (Å²) < 4.78 is 0. The summed E-state index contributed by atoms with van der Waals surface area (Å²) in [5, 5.41) is 0. The SMILES string of the molecule is CCCCC(=O)NNCCCCc1ccccc1. The maximum Gasteiger partial charge on any atom is 0.234 e. The van der Waals surface area contributed by atoms with Crippen molar-refractivity contribution < 1.29 is 4.79 Å². The van der Waals surface area contributed by atoms with Gasteiger partial charge in [0.25, 0.3) is 0 Å². The first-order chi connectivity index (χ1) is 8.83. The summed E-state index contributed by atoms with van der Waals surface area (Å²) in [7, 11) is 0. The Morgan fingerprint density at radius 2 is 1.89 bits per heavy atom. The molecular weight excluding hydrogens is 224 g/mol. The molecule has 0 radical (unpaired) electrons. The van der Waals surface area contributed by atoms with Crippen LogP contribution in [0.4, 0.5) is 0 Å². The predicted molar refractivity (Wildman–Crippen MR) is 75.1 cm³/mol.